The summed E-state index contributed by atoms with van der Waals surface area (Å²) in [4.78, 5) is 27.9. The van der Waals surface area contributed by atoms with Gasteiger partial charge in [0.1, 0.15) is 5.70 Å². The lowest BCUT2D eigenvalue weighted by Crippen LogP contribution is -2.32. The van der Waals surface area contributed by atoms with E-state index in [4.69, 9.17) is 0 Å². The number of hydrogen-bond donors (Lipinski definition) is 1. The molecule has 1 aliphatic rings. The predicted octanol–water partition coefficient (Wildman–Crippen LogP) is 5.00. The molecule has 0 spiro atoms. The van der Waals surface area contributed by atoms with Crippen LogP contribution < -0.4 is 5.32 Å². The highest BCUT2D eigenvalue weighted by molar-refractivity contribution is 6.36. The van der Waals surface area contributed by atoms with Crippen LogP contribution in [0.15, 0.2) is 78.5 Å². The standard InChI is InChI=1S/C26H24N2O2/c1-17-4-10-20(11-5-17)16-28-25(29)23(21-12-6-18(2)7-13-21)24(26(28)30)27-22-14-8-19(3)9-15-22/h4-15,27H,16H2,1-3H3. The third-order valence-corrected chi connectivity index (χ3v) is 5.29. The Labute approximate surface area is 176 Å². The normalized spacial score (nSPS) is 13.9. The second kappa shape index (κ2) is 7.99. The molecule has 0 aliphatic carbocycles. The zero-order chi connectivity index (χ0) is 21.3. The highest BCUT2D eigenvalue weighted by Crippen LogP contribution is 2.31. The smallest absolute Gasteiger partial charge is 0.278 e. The van der Waals surface area contributed by atoms with Crippen LogP contribution in [-0.2, 0) is 16.1 Å². The van der Waals surface area contributed by atoms with Crippen molar-refractivity contribution in [3.8, 4) is 0 Å². The zero-order valence-electron chi connectivity index (χ0n) is 17.4. The molecule has 0 aromatic heterocycles. The molecular formula is C26H24N2O2. The summed E-state index contributed by atoms with van der Waals surface area (Å²) in [6.07, 6.45) is 0. The van der Waals surface area contributed by atoms with Crippen molar-refractivity contribution in [3.05, 3.63) is 106 Å². The van der Waals surface area contributed by atoms with E-state index in [-0.39, 0.29) is 18.4 Å². The average Bonchev–Trinajstić information content (AvgIpc) is 2.96. The summed E-state index contributed by atoms with van der Waals surface area (Å²) >= 11 is 0. The minimum absolute atomic E-state index is 0.242. The first-order chi connectivity index (χ1) is 14.4. The zero-order valence-corrected chi connectivity index (χ0v) is 17.4. The first-order valence-electron chi connectivity index (χ1n) is 9.99. The van der Waals surface area contributed by atoms with E-state index >= 15 is 0 Å². The Hall–Kier alpha value is -3.66. The van der Waals surface area contributed by atoms with Crippen LogP contribution in [0.4, 0.5) is 5.69 Å². The molecule has 4 heteroatoms. The van der Waals surface area contributed by atoms with Crippen LogP contribution in [0.2, 0.25) is 0 Å². The Bertz CT molecular complexity index is 1130. The average molecular weight is 396 g/mol. The van der Waals surface area contributed by atoms with Crippen molar-refractivity contribution < 1.29 is 9.59 Å². The molecule has 2 amide bonds. The molecule has 0 bridgehead atoms. The van der Waals surface area contributed by atoms with E-state index in [0.29, 0.717) is 11.3 Å². The molecule has 1 aliphatic heterocycles. The Kier molecular flexibility index (Phi) is 5.23. The van der Waals surface area contributed by atoms with Crippen molar-refractivity contribution in [1.29, 1.82) is 0 Å². The Morgan fingerprint density at radius 2 is 1.17 bits per heavy atom. The molecular weight excluding hydrogens is 372 g/mol. The van der Waals surface area contributed by atoms with Crippen LogP contribution in [0.3, 0.4) is 0 Å². The van der Waals surface area contributed by atoms with Gasteiger partial charge in [-0.1, -0.05) is 77.4 Å². The second-order valence-corrected chi connectivity index (χ2v) is 7.79. The number of amides is 2. The van der Waals surface area contributed by atoms with Crippen LogP contribution >= 0.6 is 0 Å². The van der Waals surface area contributed by atoms with Gasteiger partial charge in [0.25, 0.3) is 11.8 Å². The minimum Gasteiger partial charge on any atom is -0.350 e. The highest BCUT2D eigenvalue weighted by Gasteiger charge is 2.39. The Morgan fingerprint density at radius 1 is 0.667 bits per heavy atom. The van der Waals surface area contributed by atoms with Crippen LogP contribution in [0.1, 0.15) is 27.8 Å². The van der Waals surface area contributed by atoms with Gasteiger partial charge in [0, 0.05) is 5.69 Å². The van der Waals surface area contributed by atoms with Crippen LogP contribution in [0.5, 0.6) is 0 Å². The van der Waals surface area contributed by atoms with Gasteiger partial charge in [-0.15, -0.1) is 0 Å². The summed E-state index contributed by atoms with van der Waals surface area (Å²) in [5.74, 6) is -0.587. The summed E-state index contributed by atoms with van der Waals surface area (Å²) in [5.41, 5.74) is 6.52. The van der Waals surface area contributed by atoms with Gasteiger partial charge in [-0.3, -0.25) is 14.5 Å². The lowest BCUT2D eigenvalue weighted by Gasteiger charge is -2.15. The number of benzene rings is 3. The van der Waals surface area contributed by atoms with Crippen molar-refractivity contribution in [2.75, 3.05) is 5.32 Å². The lowest BCUT2D eigenvalue weighted by molar-refractivity contribution is -0.137. The molecule has 1 N–H and O–H groups in total. The number of carbonyl (C=O) groups excluding carboxylic acids is 2. The maximum atomic E-state index is 13.3. The van der Waals surface area contributed by atoms with Gasteiger partial charge < -0.3 is 5.32 Å². The molecule has 0 saturated carbocycles. The number of nitrogens with zero attached hydrogens (tertiary/aromatic N) is 1. The van der Waals surface area contributed by atoms with E-state index in [1.165, 1.54) is 4.90 Å². The summed E-state index contributed by atoms with van der Waals surface area (Å²) < 4.78 is 0. The van der Waals surface area contributed by atoms with E-state index in [0.717, 1.165) is 33.5 Å². The van der Waals surface area contributed by atoms with Crippen LogP contribution in [-0.4, -0.2) is 16.7 Å². The van der Waals surface area contributed by atoms with Gasteiger partial charge >= 0.3 is 0 Å². The molecule has 30 heavy (non-hydrogen) atoms. The number of anilines is 1. The minimum atomic E-state index is -0.309. The van der Waals surface area contributed by atoms with Crippen LogP contribution in [0, 0.1) is 20.8 Å². The maximum absolute atomic E-state index is 13.3. The van der Waals surface area contributed by atoms with Gasteiger partial charge in [0.15, 0.2) is 0 Å². The summed E-state index contributed by atoms with van der Waals surface area (Å²) in [7, 11) is 0. The fourth-order valence-electron chi connectivity index (χ4n) is 3.48. The molecule has 0 saturated heterocycles. The fraction of sp³-hybridized carbons (Fsp3) is 0.154. The molecule has 0 fully saturated rings. The van der Waals surface area contributed by atoms with E-state index in [1.54, 1.807) is 0 Å². The molecule has 1 heterocycles. The fourth-order valence-corrected chi connectivity index (χ4v) is 3.48. The first-order valence-corrected chi connectivity index (χ1v) is 9.99. The quantitative estimate of drug-likeness (QED) is 0.617. The third kappa shape index (κ3) is 3.90. The largest absolute Gasteiger partial charge is 0.350 e. The number of carbonyl (C=O) groups is 2. The Balaban J connectivity index is 1.72. The SMILES string of the molecule is Cc1ccc(CN2C(=O)C(Nc3ccc(C)cc3)=C(c3ccc(C)cc3)C2=O)cc1. The van der Waals surface area contributed by atoms with Gasteiger partial charge in [-0.2, -0.15) is 0 Å². The number of imide groups is 1. The highest BCUT2D eigenvalue weighted by atomic mass is 16.2. The number of rotatable bonds is 5. The maximum Gasteiger partial charge on any atom is 0.278 e. The van der Waals surface area contributed by atoms with Crippen molar-refractivity contribution in [3.63, 3.8) is 0 Å². The molecule has 0 unspecified atom stereocenters. The van der Waals surface area contributed by atoms with E-state index < -0.39 is 0 Å². The molecule has 3 aromatic rings. The predicted molar refractivity (Wildman–Crippen MR) is 120 cm³/mol. The number of aryl methyl sites for hydroxylation is 3. The van der Waals surface area contributed by atoms with Crippen molar-refractivity contribution in [1.82, 2.24) is 4.90 Å². The van der Waals surface area contributed by atoms with Crippen molar-refractivity contribution in [2.45, 2.75) is 27.3 Å². The number of nitrogens with one attached hydrogen (secondary N) is 1. The molecule has 4 rings (SSSR count). The summed E-state index contributed by atoms with van der Waals surface area (Å²) in [6, 6.07) is 23.3. The topological polar surface area (TPSA) is 49.4 Å². The number of hydrogen-bond acceptors (Lipinski definition) is 3. The van der Waals surface area contributed by atoms with E-state index in [1.807, 2.05) is 93.6 Å². The van der Waals surface area contributed by atoms with Crippen molar-refractivity contribution in [2.24, 2.45) is 0 Å². The van der Waals surface area contributed by atoms with Gasteiger partial charge in [0.2, 0.25) is 0 Å². The van der Waals surface area contributed by atoms with E-state index in [9.17, 15) is 9.59 Å². The van der Waals surface area contributed by atoms with Crippen LogP contribution in [0.25, 0.3) is 5.57 Å². The van der Waals surface area contributed by atoms with Gasteiger partial charge in [-0.25, -0.2) is 0 Å². The van der Waals surface area contributed by atoms with E-state index in [2.05, 4.69) is 5.32 Å². The molecule has 0 radical (unpaired) electrons. The lowest BCUT2D eigenvalue weighted by atomic mass is 10.0. The summed E-state index contributed by atoms with van der Waals surface area (Å²) in [5, 5.41) is 3.20. The van der Waals surface area contributed by atoms with Gasteiger partial charge in [-0.05, 0) is 44.0 Å². The van der Waals surface area contributed by atoms with Gasteiger partial charge in [0.05, 0.1) is 12.1 Å². The molecule has 150 valence electrons. The first kappa shape index (κ1) is 19.6. The monoisotopic (exact) mass is 396 g/mol. The molecule has 3 aromatic carbocycles. The molecule has 0 atom stereocenters. The Morgan fingerprint density at radius 3 is 1.73 bits per heavy atom. The second-order valence-electron chi connectivity index (χ2n) is 7.79. The third-order valence-electron chi connectivity index (χ3n) is 5.29. The summed E-state index contributed by atoms with van der Waals surface area (Å²) in [6.45, 7) is 6.26. The van der Waals surface area contributed by atoms with Crippen molar-refractivity contribution >= 4 is 23.1 Å². The molecule has 4 nitrogen and oxygen atoms in total.